The largest absolute Gasteiger partial charge is 0.379 e. The maximum atomic E-state index is 12.4. The fourth-order valence-electron chi connectivity index (χ4n) is 3.27. The third-order valence-electron chi connectivity index (χ3n) is 4.87. The summed E-state index contributed by atoms with van der Waals surface area (Å²) in [6.45, 7) is 1.90. The third kappa shape index (κ3) is 4.58. The molecule has 0 saturated carbocycles. The lowest BCUT2D eigenvalue weighted by molar-refractivity contribution is 0.00364. The van der Waals surface area contributed by atoms with E-state index in [1.54, 1.807) is 36.4 Å². The van der Waals surface area contributed by atoms with Gasteiger partial charge in [-0.25, -0.2) is 0 Å². The van der Waals surface area contributed by atoms with Crippen LogP contribution in [0.2, 0.25) is 0 Å². The highest BCUT2D eigenvalue weighted by molar-refractivity contribution is 7.87. The van der Waals surface area contributed by atoms with Crippen LogP contribution in [0, 0.1) is 6.92 Å². The first-order valence-electron chi connectivity index (χ1n) is 9.49. The lowest BCUT2D eigenvalue weighted by Gasteiger charge is -2.26. The number of hydrogen-bond acceptors (Lipinski definition) is 4. The Morgan fingerprint density at radius 1 is 0.862 bits per heavy atom. The van der Waals surface area contributed by atoms with E-state index in [2.05, 4.69) is 18.2 Å². The molecule has 1 aliphatic heterocycles. The predicted molar refractivity (Wildman–Crippen MR) is 112 cm³/mol. The minimum atomic E-state index is -3.86. The summed E-state index contributed by atoms with van der Waals surface area (Å²) in [7, 11) is -3.86. The number of aryl methyl sites for hydroxylation is 1. The van der Waals surface area contributed by atoms with Gasteiger partial charge in [-0.1, -0.05) is 72.3 Å². The quantitative estimate of drug-likeness (QED) is 0.413. The van der Waals surface area contributed by atoms with Crippen molar-refractivity contribution in [3.8, 4) is 5.75 Å². The lowest BCUT2D eigenvalue weighted by Crippen LogP contribution is -2.13. The van der Waals surface area contributed by atoms with Gasteiger partial charge >= 0.3 is 10.1 Å². The van der Waals surface area contributed by atoms with Crippen molar-refractivity contribution in [2.75, 3.05) is 0 Å². The van der Waals surface area contributed by atoms with Gasteiger partial charge in [0.1, 0.15) is 16.7 Å². The van der Waals surface area contributed by atoms with E-state index in [-0.39, 0.29) is 22.9 Å². The Morgan fingerprint density at radius 3 is 2.24 bits per heavy atom. The molecule has 148 valence electrons. The van der Waals surface area contributed by atoms with Crippen LogP contribution in [-0.4, -0.2) is 8.42 Å². The van der Waals surface area contributed by atoms with E-state index >= 15 is 0 Å². The molecule has 0 bridgehead atoms. The first-order chi connectivity index (χ1) is 14.0. The van der Waals surface area contributed by atoms with Crippen LogP contribution >= 0.6 is 0 Å². The third-order valence-corrected chi connectivity index (χ3v) is 6.13. The highest BCUT2D eigenvalue weighted by Crippen LogP contribution is 2.35. The molecular weight excluding hydrogens is 384 g/mol. The van der Waals surface area contributed by atoms with Crippen LogP contribution in [0.5, 0.6) is 5.75 Å². The van der Waals surface area contributed by atoms with E-state index in [0.29, 0.717) is 0 Å². The SMILES string of the molecule is Cc1ccc(S(=O)(=O)Oc2ccc([C@@H]3C=CC[C@H](c4ccccc4)O3)cc2)cc1. The number of rotatable bonds is 5. The molecule has 0 aromatic heterocycles. The summed E-state index contributed by atoms with van der Waals surface area (Å²) in [5, 5.41) is 0. The predicted octanol–water partition coefficient (Wildman–Crippen LogP) is 5.52. The van der Waals surface area contributed by atoms with E-state index in [4.69, 9.17) is 8.92 Å². The molecule has 29 heavy (non-hydrogen) atoms. The van der Waals surface area contributed by atoms with Gasteiger partial charge in [0.2, 0.25) is 0 Å². The van der Waals surface area contributed by atoms with Gasteiger partial charge in [0.15, 0.2) is 0 Å². The summed E-state index contributed by atoms with van der Waals surface area (Å²) in [5.74, 6) is 0.272. The maximum absolute atomic E-state index is 12.4. The molecule has 0 aliphatic carbocycles. The maximum Gasteiger partial charge on any atom is 0.339 e. The Balaban J connectivity index is 1.47. The van der Waals surface area contributed by atoms with Crippen molar-refractivity contribution in [1.29, 1.82) is 0 Å². The second-order valence-electron chi connectivity index (χ2n) is 7.04. The fraction of sp³-hybridized carbons (Fsp3) is 0.167. The van der Waals surface area contributed by atoms with Crippen LogP contribution < -0.4 is 4.18 Å². The van der Waals surface area contributed by atoms with Crippen LogP contribution in [0.3, 0.4) is 0 Å². The Morgan fingerprint density at radius 2 is 1.55 bits per heavy atom. The Hall–Kier alpha value is -2.89. The molecule has 1 heterocycles. The number of ether oxygens (including phenoxy) is 1. The lowest BCUT2D eigenvalue weighted by atomic mass is 10.0. The standard InChI is InChI=1S/C24H22O4S/c1-18-10-16-22(17-11-18)29(25,26)28-21-14-12-20(13-15-21)24-9-5-8-23(27-24)19-6-3-2-4-7-19/h2-7,9-17,23-24H,8H2,1H3/t23-,24+/m1/s1. The smallest absolute Gasteiger partial charge is 0.339 e. The van der Waals surface area contributed by atoms with Gasteiger partial charge in [-0.2, -0.15) is 8.42 Å². The molecule has 0 unspecified atom stereocenters. The molecule has 3 aromatic rings. The summed E-state index contributed by atoms with van der Waals surface area (Å²) < 4.78 is 36.4. The molecule has 5 heteroatoms. The van der Waals surface area contributed by atoms with Crippen LogP contribution in [0.15, 0.2) is 95.9 Å². The monoisotopic (exact) mass is 406 g/mol. The van der Waals surface area contributed by atoms with Gasteiger partial charge in [-0.05, 0) is 48.7 Å². The van der Waals surface area contributed by atoms with E-state index in [1.807, 2.05) is 43.3 Å². The van der Waals surface area contributed by atoms with Gasteiger partial charge in [-0.15, -0.1) is 0 Å². The molecule has 0 spiro atoms. The molecule has 0 amide bonds. The summed E-state index contributed by atoms with van der Waals surface area (Å²) in [4.78, 5) is 0.136. The second kappa shape index (κ2) is 8.23. The highest BCUT2D eigenvalue weighted by atomic mass is 32.2. The summed E-state index contributed by atoms with van der Waals surface area (Å²) >= 11 is 0. The average molecular weight is 407 g/mol. The fourth-order valence-corrected chi connectivity index (χ4v) is 4.20. The van der Waals surface area contributed by atoms with Gasteiger partial charge in [0.25, 0.3) is 0 Å². The molecule has 0 N–H and O–H groups in total. The molecule has 0 radical (unpaired) electrons. The first-order valence-corrected chi connectivity index (χ1v) is 10.9. The van der Waals surface area contributed by atoms with Crippen LogP contribution in [-0.2, 0) is 14.9 Å². The minimum Gasteiger partial charge on any atom is -0.379 e. The van der Waals surface area contributed by atoms with E-state index < -0.39 is 10.1 Å². The first kappa shape index (κ1) is 19.4. The summed E-state index contributed by atoms with van der Waals surface area (Å²) in [6, 6.07) is 23.7. The summed E-state index contributed by atoms with van der Waals surface area (Å²) in [6.07, 6.45) is 4.80. The van der Waals surface area contributed by atoms with Crippen molar-refractivity contribution >= 4 is 10.1 Å². The van der Waals surface area contributed by atoms with Gasteiger partial charge < -0.3 is 8.92 Å². The van der Waals surface area contributed by atoms with E-state index in [9.17, 15) is 8.42 Å². The Labute approximate surface area is 171 Å². The van der Waals surface area contributed by atoms with Gasteiger partial charge in [0.05, 0.1) is 6.10 Å². The van der Waals surface area contributed by atoms with Crippen molar-refractivity contribution in [2.45, 2.75) is 30.4 Å². The topological polar surface area (TPSA) is 52.6 Å². The molecule has 4 nitrogen and oxygen atoms in total. The normalized spacial score (nSPS) is 19.1. The van der Waals surface area contributed by atoms with Crippen molar-refractivity contribution in [2.24, 2.45) is 0 Å². The number of hydrogen-bond donors (Lipinski definition) is 0. The van der Waals surface area contributed by atoms with E-state index in [0.717, 1.165) is 23.1 Å². The summed E-state index contributed by atoms with van der Waals surface area (Å²) in [5.41, 5.74) is 3.08. The molecule has 4 rings (SSSR count). The molecule has 3 aromatic carbocycles. The second-order valence-corrected chi connectivity index (χ2v) is 8.59. The van der Waals surface area contributed by atoms with Crippen LogP contribution in [0.1, 0.15) is 35.3 Å². The minimum absolute atomic E-state index is 0.00374. The van der Waals surface area contributed by atoms with Crippen LogP contribution in [0.4, 0.5) is 0 Å². The van der Waals surface area contributed by atoms with Crippen molar-refractivity contribution in [1.82, 2.24) is 0 Å². The zero-order valence-electron chi connectivity index (χ0n) is 16.1. The van der Waals surface area contributed by atoms with Gasteiger partial charge in [-0.3, -0.25) is 0 Å². The van der Waals surface area contributed by atoms with E-state index in [1.165, 1.54) is 0 Å². The van der Waals surface area contributed by atoms with Crippen molar-refractivity contribution in [3.05, 3.63) is 108 Å². The average Bonchev–Trinajstić information content (AvgIpc) is 2.75. The Kier molecular flexibility index (Phi) is 5.51. The molecule has 0 saturated heterocycles. The zero-order valence-corrected chi connectivity index (χ0v) is 16.9. The molecular formula is C24H22O4S. The Bertz CT molecular complexity index is 1090. The zero-order chi connectivity index (χ0) is 20.3. The highest BCUT2D eigenvalue weighted by Gasteiger charge is 2.21. The molecule has 2 atom stereocenters. The van der Waals surface area contributed by atoms with Crippen molar-refractivity contribution in [3.63, 3.8) is 0 Å². The van der Waals surface area contributed by atoms with Crippen LogP contribution in [0.25, 0.3) is 0 Å². The van der Waals surface area contributed by atoms with Crippen molar-refractivity contribution < 1.29 is 17.3 Å². The molecule has 1 aliphatic rings. The number of benzene rings is 3. The molecule has 0 fully saturated rings. The van der Waals surface area contributed by atoms with Gasteiger partial charge in [0, 0.05) is 0 Å².